The Morgan fingerprint density at radius 1 is 1.19 bits per heavy atom. The first-order valence-electron chi connectivity index (χ1n) is 6.46. The second-order valence-electron chi connectivity index (χ2n) is 4.41. The summed E-state index contributed by atoms with van der Waals surface area (Å²) >= 11 is 7.54. The summed E-state index contributed by atoms with van der Waals surface area (Å²) in [6, 6.07) is 14.7. The van der Waals surface area contributed by atoms with Gasteiger partial charge in [-0.1, -0.05) is 23.7 Å². The minimum atomic E-state index is -0.244. The lowest BCUT2D eigenvalue weighted by Gasteiger charge is -2.13. The van der Waals surface area contributed by atoms with E-state index < -0.39 is 0 Å². The second kappa shape index (κ2) is 7.38. The van der Waals surface area contributed by atoms with Crippen molar-refractivity contribution >= 4 is 35.0 Å². The van der Waals surface area contributed by atoms with Crippen LogP contribution in [0.2, 0.25) is 5.02 Å². The monoisotopic (exact) mass is 321 g/mol. The normalized spacial score (nSPS) is 11.8. The van der Waals surface area contributed by atoms with Gasteiger partial charge in [0.25, 0.3) is 0 Å². The summed E-state index contributed by atoms with van der Waals surface area (Å²) in [5, 5.41) is 3.29. The Labute approximate surface area is 133 Å². The molecule has 0 unspecified atom stereocenters. The van der Waals surface area contributed by atoms with E-state index in [1.165, 1.54) is 11.8 Å². The van der Waals surface area contributed by atoms with Crippen LogP contribution in [0, 0.1) is 0 Å². The molecule has 1 N–H and O–H groups in total. The molecule has 0 aliphatic heterocycles. The van der Waals surface area contributed by atoms with Crippen LogP contribution in [0.5, 0.6) is 5.75 Å². The van der Waals surface area contributed by atoms with Crippen molar-refractivity contribution in [1.29, 1.82) is 0 Å². The number of halogens is 1. The molecule has 0 saturated carbocycles. The summed E-state index contributed by atoms with van der Waals surface area (Å²) < 4.78 is 5.08. The van der Waals surface area contributed by atoms with E-state index in [2.05, 4.69) is 5.32 Å². The Bertz CT molecular complexity index is 616. The Balaban J connectivity index is 1.97. The van der Waals surface area contributed by atoms with Crippen LogP contribution in [0.15, 0.2) is 53.4 Å². The summed E-state index contributed by atoms with van der Waals surface area (Å²) in [4.78, 5) is 13.1. The van der Waals surface area contributed by atoms with Crippen LogP contribution in [0.4, 0.5) is 5.69 Å². The minimum absolute atomic E-state index is 0.0647. The first-order chi connectivity index (χ1) is 10.1. The lowest BCUT2D eigenvalue weighted by Crippen LogP contribution is -2.22. The van der Waals surface area contributed by atoms with Crippen molar-refractivity contribution in [3.8, 4) is 5.75 Å². The zero-order chi connectivity index (χ0) is 15.2. The fraction of sp³-hybridized carbons (Fsp3) is 0.188. The van der Waals surface area contributed by atoms with Gasteiger partial charge in [-0.05, 0) is 43.3 Å². The van der Waals surface area contributed by atoms with E-state index in [9.17, 15) is 4.79 Å². The molecular weight excluding hydrogens is 306 g/mol. The summed E-state index contributed by atoms with van der Waals surface area (Å²) in [5.41, 5.74) is 0.743. The molecule has 1 atom stereocenters. The maximum atomic E-state index is 12.2. The number of carbonyl (C=O) groups excluding carboxylic acids is 1. The van der Waals surface area contributed by atoms with Crippen molar-refractivity contribution in [3.63, 3.8) is 0 Å². The summed E-state index contributed by atoms with van der Waals surface area (Å²) in [5.74, 6) is 0.691. The number of methoxy groups -OCH3 is 1. The van der Waals surface area contributed by atoms with Crippen molar-refractivity contribution in [2.24, 2.45) is 0 Å². The molecule has 0 bridgehead atoms. The minimum Gasteiger partial charge on any atom is -0.497 e. The van der Waals surface area contributed by atoms with Crippen molar-refractivity contribution in [2.45, 2.75) is 17.1 Å². The summed E-state index contributed by atoms with van der Waals surface area (Å²) in [7, 11) is 1.61. The maximum absolute atomic E-state index is 12.2. The number of hydrogen-bond donors (Lipinski definition) is 1. The first kappa shape index (κ1) is 15.7. The van der Waals surface area contributed by atoms with E-state index in [1.54, 1.807) is 7.11 Å². The Morgan fingerprint density at radius 3 is 2.48 bits per heavy atom. The molecule has 0 aliphatic carbocycles. The fourth-order valence-corrected chi connectivity index (χ4v) is 2.86. The zero-order valence-electron chi connectivity index (χ0n) is 11.8. The smallest absolute Gasteiger partial charge is 0.237 e. The highest BCUT2D eigenvalue weighted by Gasteiger charge is 2.15. The molecule has 0 aromatic heterocycles. The molecule has 110 valence electrons. The standard InChI is InChI=1S/C16H16ClNO2S/c1-11(21-15-6-4-3-5-14(15)17)16(19)18-12-7-9-13(20-2)10-8-12/h3-11H,1-2H3,(H,18,19)/t11-/m0/s1. The first-order valence-corrected chi connectivity index (χ1v) is 7.72. The molecule has 0 fully saturated rings. The third-order valence-electron chi connectivity index (χ3n) is 2.87. The Hall–Kier alpha value is -1.65. The average molecular weight is 322 g/mol. The number of hydrogen-bond acceptors (Lipinski definition) is 3. The van der Waals surface area contributed by atoms with Gasteiger partial charge in [0.15, 0.2) is 0 Å². The van der Waals surface area contributed by atoms with Gasteiger partial charge in [-0.25, -0.2) is 0 Å². The van der Waals surface area contributed by atoms with Crippen LogP contribution in [-0.4, -0.2) is 18.3 Å². The highest BCUT2D eigenvalue weighted by atomic mass is 35.5. The number of rotatable bonds is 5. The van der Waals surface area contributed by atoms with Gasteiger partial charge in [0.05, 0.1) is 17.4 Å². The molecule has 2 aromatic rings. The van der Waals surface area contributed by atoms with Gasteiger partial charge < -0.3 is 10.1 Å². The number of ether oxygens (including phenoxy) is 1. The predicted octanol–water partition coefficient (Wildman–Crippen LogP) is 4.47. The maximum Gasteiger partial charge on any atom is 0.237 e. The number of amides is 1. The Kier molecular flexibility index (Phi) is 5.53. The van der Waals surface area contributed by atoms with E-state index >= 15 is 0 Å². The van der Waals surface area contributed by atoms with Gasteiger partial charge in [0.2, 0.25) is 5.91 Å². The second-order valence-corrected chi connectivity index (χ2v) is 6.20. The van der Waals surface area contributed by atoms with Crippen molar-refractivity contribution < 1.29 is 9.53 Å². The topological polar surface area (TPSA) is 38.3 Å². The van der Waals surface area contributed by atoms with Gasteiger partial charge >= 0.3 is 0 Å². The highest BCUT2D eigenvalue weighted by Crippen LogP contribution is 2.30. The molecule has 0 radical (unpaired) electrons. The number of benzene rings is 2. The van der Waals surface area contributed by atoms with E-state index in [0.717, 1.165) is 16.3 Å². The number of nitrogens with one attached hydrogen (secondary N) is 1. The molecule has 0 spiro atoms. The van der Waals surface area contributed by atoms with Crippen LogP contribution in [0.25, 0.3) is 0 Å². The summed E-state index contributed by atoms with van der Waals surface area (Å²) in [6.07, 6.45) is 0. The van der Waals surface area contributed by atoms with Crippen molar-refractivity contribution in [1.82, 2.24) is 0 Å². The molecule has 2 rings (SSSR count). The van der Waals surface area contributed by atoms with Crippen molar-refractivity contribution in [2.75, 3.05) is 12.4 Å². The predicted molar refractivity (Wildman–Crippen MR) is 88.4 cm³/mol. The van der Waals surface area contributed by atoms with Gasteiger partial charge in [-0.3, -0.25) is 4.79 Å². The SMILES string of the molecule is COc1ccc(NC(=O)[C@H](C)Sc2ccccc2Cl)cc1. The van der Waals surface area contributed by atoms with Crippen LogP contribution in [0.1, 0.15) is 6.92 Å². The lowest BCUT2D eigenvalue weighted by atomic mass is 10.3. The lowest BCUT2D eigenvalue weighted by molar-refractivity contribution is -0.115. The van der Waals surface area contributed by atoms with E-state index in [4.69, 9.17) is 16.3 Å². The molecule has 0 heterocycles. The molecule has 21 heavy (non-hydrogen) atoms. The Morgan fingerprint density at radius 2 is 1.86 bits per heavy atom. The van der Waals surface area contributed by atoms with Gasteiger partial charge in [0, 0.05) is 10.6 Å². The number of thioether (sulfide) groups is 1. The quantitative estimate of drug-likeness (QED) is 0.826. The van der Waals surface area contributed by atoms with E-state index in [1.807, 2.05) is 55.5 Å². The zero-order valence-corrected chi connectivity index (χ0v) is 13.4. The molecular formula is C16H16ClNO2S. The van der Waals surface area contributed by atoms with Crippen LogP contribution in [0.3, 0.4) is 0 Å². The van der Waals surface area contributed by atoms with Crippen molar-refractivity contribution in [3.05, 3.63) is 53.6 Å². The molecule has 0 aliphatic rings. The molecule has 3 nitrogen and oxygen atoms in total. The largest absolute Gasteiger partial charge is 0.497 e. The molecule has 2 aromatic carbocycles. The molecule has 5 heteroatoms. The number of anilines is 1. The average Bonchev–Trinajstić information content (AvgIpc) is 2.50. The number of carbonyl (C=O) groups is 1. The fourth-order valence-electron chi connectivity index (χ4n) is 1.70. The third kappa shape index (κ3) is 4.41. The van der Waals surface area contributed by atoms with Crippen LogP contribution >= 0.6 is 23.4 Å². The van der Waals surface area contributed by atoms with E-state index in [-0.39, 0.29) is 11.2 Å². The van der Waals surface area contributed by atoms with Crippen LogP contribution in [-0.2, 0) is 4.79 Å². The molecule has 0 saturated heterocycles. The van der Waals surface area contributed by atoms with Gasteiger partial charge in [-0.15, -0.1) is 11.8 Å². The van der Waals surface area contributed by atoms with Crippen LogP contribution < -0.4 is 10.1 Å². The highest BCUT2D eigenvalue weighted by molar-refractivity contribution is 8.00. The molecule has 1 amide bonds. The third-order valence-corrected chi connectivity index (χ3v) is 4.49. The van der Waals surface area contributed by atoms with Gasteiger partial charge in [0.1, 0.15) is 5.75 Å². The summed E-state index contributed by atoms with van der Waals surface area (Å²) in [6.45, 7) is 1.85. The van der Waals surface area contributed by atoms with Gasteiger partial charge in [-0.2, -0.15) is 0 Å². The van der Waals surface area contributed by atoms with E-state index in [0.29, 0.717) is 5.02 Å².